The highest BCUT2D eigenvalue weighted by atomic mass is 35.5. The van der Waals surface area contributed by atoms with Gasteiger partial charge in [-0.05, 0) is 119 Å². The summed E-state index contributed by atoms with van der Waals surface area (Å²) in [6.07, 6.45) is 6.89. The number of halogens is 3. The van der Waals surface area contributed by atoms with Crippen LogP contribution in [-0.4, -0.2) is 133 Å². The molecule has 3 N–H and O–H groups in total. The number of piperidine rings is 1. The summed E-state index contributed by atoms with van der Waals surface area (Å²) in [6.45, 7) is 12.8. The van der Waals surface area contributed by atoms with Crippen LogP contribution in [0.4, 0.5) is 52.4 Å². The maximum Gasteiger partial charge on any atom is 0.293 e. The molecule has 3 aliphatic heterocycles. The number of aromatic nitrogens is 9. The fourth-order valence-corrected chi connectivity index (χ4v) is 11.1. The molecule has 9 heterocycles. The molecule has 494 valence electrons. The smallest absolute Gasteiger partial charge is 0.293 e. The van der Waals surface area contributed by atoms with Gasteiger partial charge in [-0.15, -0.1) is 11.8 Å². The van der Waals surface area contributed by atoms with E-state index in [9.17, 15) is 28.8 Å². The minimum absolute atomic E-state index is 0.121. The van der Waals surface area contributed by atoms with E-state index in [1.165, 1.54) is 34.5 Å². The Morgan fingerprint density at radius 1 is 0.526 bits per heavy atom. The van der Waals surface area contributed by atoms with E-state index in [4.69, 9.17) is 53.8 Å². The first-order valence-corrected chi connectivity index (χ1v) is 31.5. The van der Waals surface area contributed by atoms with Gasteiger partial charge in [0.15, 0.2) is 52.1 Å². The molecule has 0 spiro atoms. The number of ether oxygens (including phenoxy) is 4. The highest BCUT2D eigenvalue weighted by molar-refractivity contribution is 6.33. The van der Waals surface area contributed by atoms with Crippen LogP contribution in [0.2, 0.25) is 15.1 Å². The molecule has 25 nitrogen and oxygen atoms in total. The van der Waals surface area contributed by atoms with Crippen LogP contribution in [0.1, 0.15) is 47.5 Å². The summed E-state index contributed by atoms with van der Waals surface area (Å²) in [6, 6.07) is 21.5. The fourth-order valence-electron chi connectivity index (χ4n) is 10.7. The lowest BCUT2D eigenvalue weighted by Gasteiger charge is -2.38. The molecule has 0 aliphatic carbocycles. The highest BCUT2D eigenvalue weighted by Gasteiger charge is 2.30. The number of Topliss-reactive ketones (excluding diaryl/α,β-unsaturated/α-hetero) is 3. The van der Waals surface area contributed by atoms with Gasteiger partial charge in [-0.3, -0.25) is 28.8 Å². The van der Waals surface area contributed by atoms with Gasteiger partial charge in [0.1, 0.15) is 34.9 Å². The van der Waals surface area contributed by atoms with E-state index < -0.39 is 0 Å². The number of benzene rings is 3. The van der Waals surface area contributed by atoms with Crippen LogP contribution in [0.3, 0.4) is 0 Å². The lowest BCUT2D eigenvalue weighted by Crippen LogP contribution is -2.52. The molecule has 6 aromatic heterocycles. The molecule has 95 heavy (non-hydrogen) atoms. The second kappa shape index (κ2) is 30.0. The van der Waals surface area contributed by atoms with E-state index >= 15 is 0 Å². The summed E-state index contributed by atoms with van der Waals surface area (Å²) in [5.41, 5.74) is 3.53. The molecule has 28 heteroatoms. The minimum atomic E-state index is -0.304. The largest absolute Gasteiger partial charge is 0.480 e. The molecular formula is C67H70Cl3N15O10. The first kappa shape index (κ1) is 68.0. The third-order valence-electron chi connectivity index (χ3n) is 15.8. The number of ketones is 3. The first-order valence-electron chi connectivity index (χ1n) is 30.4. The van der Waals surface area contributed by atoms with E-state index in [0.29, 0.717) is 62.2 Å². The summed E-state index contributed by atoms with van der Waals surface area (Å²) < 4.78 is 26.0. The summed E-state index contributed by atoms with van der Waals surface area (Å²) in [5, 5.41) is 13.2. The van der Waals surface area contributed by atoms with Crippen LogP contribution < -0.4 is 61.5 Å². The zero-order valence-electron chi connectivity index (χ0n) is 53.8. The van der Waals surface area contributed by atoms with E-state index in [-0.39, 0.29) is 77.2 Å². The zero-order chi connectivity index (χ0) is 67.8. The van der Waals surface area contributed by atoms with Gasteiger partial charge >= 0.3 is 0 Å². The van der Waals surface area contributed by atoms with Gasteiger partial charge in [0.25, 0.3) is 16.7 Å². The Kier molecular flexibility index (Phi) is 21.5. The summed E-state index contributed by atoms with van der Waals surface area (Å²) in [5.74, 6) is 10.5. The van der Waals surface area contributed by atoms with Crippen molar-refractivity contribution in [2.24, 2.45) is 33.0 Å². The Hall–Kier alpha value is -9.87. The Labute approximate surface area is 561 Å². The van der Waals surface area contributed by atoms with Crippen molar-refractivity contribution >= 4 is 137 Å². The average molecular weight is 1350 g/mol. The lowest BCUT2D eigenvalue weighted by molar-refractivity contribution is -0.119. The number of rotatable bonds is 19. The topological polar surface area (TPSA) is 277 Å². The van der Waals surface area contributed by atoms with Crippen LogP contribution in [0.5, 0.6) is 17.2 Å². The Balaban J connectivity index is 0.000000156. The molecule has 3 aromatic carbocycles. The van der Waals surface area contributed by atoms with Gasteiger partial charge in [-0.1, -0.05) is 41.7 Å². The van der Waals surface area contributed by atoms with Crippen LogP contribution in [-0.2, 0) is 40.3 Å². The van der Waals surface area contributed by atoms with Crippen molar-refractivity contribution in [3.63, 3.8) is 0 Å². The van der Waals surface area contributed by atoms with Gasteiger partial charge in [0, 0.05) is 107 Å². The quantitative estimate of drug-likeness (QED) is 0.0635. The summed E-state index contributed by atoms with van der Waals surface area (Å²) in [7, 11) is 6.68. The van der Waals surface area contributed by atoms with Gasteiger partial charge in [-0.2, -0.15) is 15.0 Å². The molecule has 3 aliphatic rings. The van der Waals surface area contributed by atoms with Crippen molar-refractivity contribution in [3.8, 4) is 29.1 Å². The Morgan fingerprint density at radius 2 is 0.863 bits per heavy atom. The van der Waals surface area contributed by atoms with Gasteiger partial charge in [0.05, 0.1) is 41.2 Å². The van der Waals surface area contributed by atoms with Crippen molar-refractivity contribution in [2.45, 2.75) is 53.6 Å². The van der Waals surface area contributed by atoms with E-state index in [0.717, 1.165) is 102 Å². The Morgan fingerprint density at radius 3 is 1.18 bits per heavy atom. The molecule has 0 amide bonds. The van der Waals surface area contributed by atoms with E-state index in [1.54, 1.807) is 65.0 Å². The number of fused-ring (bicyclic) bond motifs is 3. The van der Waals surface area contributed by atoms with Crippen LogP contribution in [0, 0.1) is 23.7 Å². The van der Waals surface area contributed by atoms with Crippen molar-refractivity contribution in [1.29, 1.82) is 0 Å². The molecule has 3 fully saturated rings. The standard InChI is InChI=1S/C25H26ClN5O3.C21H22ClN5O4.C21H22ClN5O3/c1-4-5-17-8-10-31(11-9-17)25-27-14-20(26)23(29-25)28-19-6-7-21-18(12-19)13-22(24(33)30(21)3)34-15-16(2)32;1-12(28)11-31-18-7-13-6-14(4-5-17(13)26(2)20(18)29)24-19-16(22)8-23-21(25-19)27-9-15(10-27)30-3;1-12-9-27(10-12)21-23-8-16(22)19(25-21)24-15-4-5-17-14(6-15)7-18(20(29)26(17)3)30-11-13(2)28/h6-7,12-14,17H,8-11,15H2,1-3H3,(H,27,28,29);4-8,15H,9-11H2,1-3H3,(H,23,24,25);4-8,12H,9-11H2,1-3H3,(H,23,24,25). The number of pyridine rings is 3. The van der Waals surface area contributed by atoms with Crippen LogP contribution >= 0.6 is 34.8 Å². The molecule has 0 radical (unpaired) electrons. The number of methoxy groups -OCH3 is 1. The lowest BCUT2D eigenvalue weighted by atomic mass is 9.98. The SMILES string of the molecule is CC#CC1CCN(c2ncc(Cl)c(Nc3ccc4c(c3)cc(OCC(C)=O)c(=O)n4C)n2)CC1.CC(=O)COc1cc2cc(Nc3nc(N4CC(C)C4)ncc3Cl)ccc2n(C)c1=O.COC1CN(c2ncc(Cl)c(Nc3ccc4c(c3)cc(OCC(C)=O)c(=O)n4C)n2)C1. The molecule has 0 atom stereocenters. The highest BCUT2D eigenvalue weighted by Crippen LogP contribution is 2.33. The Bertz CT molecular complexity index is 4670. The summed E-state index contributed by atoms with van der Waals surface area (Å²) in [4.78, 5) is 104. The van der Waals surface area contributed by atoms with E-state index in [1.807, 2.05) is 66.4 Å². The number of hydrogen-bond acceptors (Lipinski definition) is 22. The van der Waals surface area contributed by atoms with Crippen molar-refractivity contribution in [2.75, 3.05) is 96.8 Å². The number of anilines is 9. The fraction of sp³-hybridized carbons (Fsp3) is 0.343. The molecule has 0 bridgehead atoms. The average Bonchev–Trinajstić information content (AvgIpc) is 0.825. The number of carbonyl (C=O) groups excluding carboxylic acids is 3. The number of aryl methyl sites for hydroxylation is 3. The third kappa shape index (κ3) is 16.4. The van der Waals surface area contributed by atoms with Gasteiger partial charge in [0.2, 0.25) is 17.8 Å². The molecule has 12 rings (SSSR count). The molecule has 0 saturated carbocycles. The second-order valence-electron chi connectivity index (χ2n) is 23.3. The van der Waals surface area contributed by atoms with Crippen molar-refractivity contribution < 1.29 is 33.3 Å². The minimum Gasteiger partial charge on any atom is -0.480 e. The molecule has 3 saturated heterocycles. The maximum atomic E-state index is 12.5. The number of hydrogen-bond donors (Lipinski definition) is 3. The number of nitrogens with zero attached hydrogens (tertiary/aromatic N) is 12. The number of nitrogens with one attached hydrogen (secondary N) is 3. The molecule has 9 aromatic rings. The monoisotopic (exact) mass is 1350 g/mol. The van der Waals surface area contributed by atoms with Crippen LogP contribution in [0.15, 0.2) is 106 Å². The normalized spacial score (nSPS) is 13.9. The zero-order valence-corrected chi connectivity index (χ0v) is 56.0. The van der Waals surface area contributed by atoms with Crippen molar-refractivity contribution in [3.05, 3.63) is 138 Å². The first-order chi connectivity index (χ1) is 45.5. The van der Waals surface area contributed by atoms with E-state index in [2.05, 4.69) is 74.4 Å². The molecule has 0 unspecified atom stereocenters. The second-order valence-corrected chi connectivity index (χ2v) is 24.5. The predicted molar refractivity (Wildman–Crippen MR) is 370 cm³/mol. The maximum absolute atomic E-state index is 12.5. The summed E-state index contributed by atoms with van der Waals surface area (Å²) >= 11 is 19.0. The molecular weight excluding hydrogens is 1280 g/mol. The van der Waals surface area contributed by atoms with Crippen molar-refractivity contribution in [1.82, 2.24) is 43.6 Å². The van der Waals surface area contributed by atoms with Gasteiger partial charge in [-0.25, -0.2) is 15.0 Å². The van der Waals surface area contributed by atoms with Gasteiger partial charge < -0.3 is 63.3 Å². The predicted octanol–water partition coefficient (Wildman–Crippen LogP) is 9.61. The number of carbonyl (C=O) groups is 3. The third-order valence-corrected chi connectivity index (χ3v) is 16.6. The van der Waals surface area contributed by atoms with Crippen LogP contribution in [0.25, 0.3) is 32.7 Å².